The van der Waals surface area contributed by atoms with E-state index in [1.165, 1.54) is 51.7 Å². The van der Waals surface area contributed by atoms with Crippen LogP contribution in [0.25, 0.3) is 0 Å². The highest BCUT2D eigenvalue weighted by Crippen LogP contribution is 2.26. The lowest BCUT2D eigenvalue weighted by Gasteiger charge is -2.31. The molecule has 1 saturated heterocycles. The largest absolute Gasteiger partial charge is 0.313 e. The molecular formula is C11H22N2. The zero-order valence-corrected chi connectivity index (χ0v) is 8.76. The van der Waals surface area contributed by atoms with E-state index in [0.717, 1.165) is 12.0 Å². The van der Waals surface area contributed by atoms with Gasteiger partial charge in [-0.25, -0.2) is 0 Å². The van der Waals surface area contributed by atoms with Gasteiger partial charge in [0.25, 0.3) is 0 Å². The first kappa shape index (κ1) is 9.47. The minimum absolute atomic E-state index is 0.782. The molecule has 2 rings (SSSR count). The van der Waals surface area contributed by atoms with Crippen LogP contribution in [0, 0.1) is 5.92 Å². The third kappa shape index (κ3) is 2.68. The van der Waals surface area contributed by atoms with Crippen LogP contribution in [0.1, 0.15) is 32.1 Å². The lowest BCUT2D eigenvalue weighted by Crippen LogP contribution is -2.38. The quantitative estimate of drug-likeness (QED) is 0.708. The first-order valence-electron chi connectivity index (χ1n) is 5.76. The summed E-state index contributed by atoms with van der Waals surface area (Å²) in [4.78, 5) is 2.52. The number of likely N-dealkylation sites (N-methyl/N-ethyl adjacent to an activating group) is 1. The van der Waals surface area contributed by atoms with Crippen LogP contribution < -0.4 is 5.32 Å². The van der Waals surface area contributed by atoms with Crippen molar-refractivity contribution < 1.29 is 0 Å². The van der Waals surface area contributed by atoms with Crippen LogP contribution in [-0.4, -0.2) is 37.6 Å². The fourth-order valence-corrected chi connectivity index (χ4v) is 2.48. The van der Waals surface area contributed by atoms with Gasteiger partial charge in [0.15, 0.2) is 0 Å². The third-order valence-corrected chi connectivity index (χ3v) is 3.49. The molecule has 0 aromatic heterocycles. The van der Waals surface area contributed by atoms with Crippen LogP contribution in [0.4, 0.5) is 0 Å². The molecule has 0 aromatic rings. The molecule has 0 aromatic carbocycles. The predicted molar refractivity (Wildman–Crippen MR) is 55.9 cm³/mol. The average molecular weight is 182 g/mol. The van der Waals surface area contributed by atoms with Gasteiger partial charge in [0.2, 0.25) is 0 Å². The molecule has 2 aliphatic rings. The van der Waals surface area contributed by atoms with E-state index in [0.29, 0.717) is 0 Å². The highest BCUT2D eigenvalue weighted by Gasteiger charge is 2.21. The standard InChI is InChI=1S/C11H22N2/c1-13(8-10-4-2-5-10)9-11-6-3-7-12-11/h10-12H,2-9H2,1H3. The van der Waals surface area contributed by atoms with E-state index in [1.54, 1.807) is 0 Å². The monoisotopic (exact) mass is 182 g/mol. The molecule has 1 aliphatic heterocycles. The zero-order chi connectivity index (χ0) is 9.10. The maximum Gasteiger partial charge on any atom is 0.0195 e. The summed E-state index contributed by atoms with van der Waals surface area (Å²) < 4.78 is 0. The van der Waals surface area contributed by atoms with Crippen molar-refractivity contribution in [1.82, 2.24) is 10.2 Å². The number of rotatable bonds is 4. The van der Waals surface area contributed by atoms with E-state index < -0.39 is 0 Å². The third-order valence-electron chi connectivity index (χ3n) is 3.49. The van der Waals surface area contributed by atoms with Crippen molar-refractivity contribution in [3.8, 4) is 0 Å². The van der Waals surface area contributed by atoms with Gasteiger partial charge in [0.1, 0.15) is 0 Å². The van der Waals surface area contributed by atoms with E-state index in [9.17, 15) is 0 Å². The number of nitrogens with one attached hydrogen (secondary N) is 1. The molecule has 0 amide bonds. The Kier molecular flexibility index (Phi) is 3.23. The van der Waals surface area contributed by atoms with Gasteiger partial charge in [-0.1, -0.05) is 6.42 Å². The molecule has 1 aliphatic carbocycles. The summed E-state index contributed by atoms with van der Waals surface area (Å²) in [6.07, 6.45) is 7.18. The van der Waals surface area contributed by atoms with Crippen LogP contribution in [0.5, 0.6) is 0 Å². The van der Waals surface area contributed by atoms with Crippen LogP contribution in [0.3, 0.4) is 0 Å². The maximum atomic E-state index is 3.56. The fourth-order valence-electron chi connectivity index (χ4n) is 2.48. The van der Waals surface area contributed by atoms with E-state index >= 15 is 0 Å². The van der Waals surface area contributed by atoms with Crippen molar-refractivity contribution in [3.63, 3.8) is 0 Å². The number of nitrogens with zero attached hydrogens (tertiary/aromatic N) is 1. The van der Waals surface area contributed by atoms with Crippen molar-refractivity contribution in [1.29, 1.82) is 0 Å². The summed E-state index contributed by atoms with van der Waals surface area (Å²) in [6.45, 7) is 3.83. The highest BCUT2D eigenvalue weighted by atomic mass is 15.1. The molecular weight excluding hydrogens is 160 g/mol. The van der Waals surface area contributed by atoms with Crippen LogP contribution in [-0.2, 0) is 0 Å². The lowest BCUT2D eigenvalue weighted by atomic mass is 9.85. The zero-order valence-electron chi connectivity index (χ0n) is 8.76. The second-order valence-electron chi connectivity index (χ2n) is 4.81. The molecule has 2 nitrogen and oxygen atoms in total. The molecule has 13 heavy (non-hydrogen) atoms. The van der Waals surface area contributed by atoms with Gasteiger partial charge in [-0.2, -0.15) is 0 Å². The van der Waals surface area contributed by atoms with E-state index in [2.05, 4.69) is 17.3 Å². The fraction of sp³-hybridized carbons (Fsp3) is 1.00. The Balaban J connectivity index is 1.61. The summed E-state index contributed by atoms with van der Waals surface area (Å²) in [5.74, 6) is 1.02. The van der Waals surface area contributed by atoms with Gasteiger partial charge >= 0.3 is 0 Å². The maximum absolute atomic E-state index is 3.56. The normalized spacial score (nSPS) is 29.5. The Bertz CT molecular complexity index is 148. The molecule has 76 valence electrons. The summed E-state index contributed by atoms with van der Waals surface area (Å²) in [5, 5.41) is 3.56. The number of hydrogen-bond donors (Lipinski definition) is 1. The Morgan fingerprint density at radius 3 is 2.54 bits per heavy atom. The summed E-state index contributed by atoms with van der Waals surface area (Å²) in [6, 6.07) is 0.782. The Morgan fingerprint density at radius 1 is 1.15 bits per heavy atom. The van der Waals surface area contributed by atoms with Gasteiger partial charge in [0, 0.05) is 19.1 Å². The van der Waals surface area contributed by atoms with Crippen molar-refractivity contribution >= 4 is 0 Å². The molecule has 2 fully saturated rings. The van der Waals surface area contributed by atoms with Crippen LogP contribution in [0.15, 0.2) is 0 Å². The van der Waals surface area contributed by atoms with Gasteiger partial charge in [0.05, 0.1) is 0 Å². The average Bonchev–Trinajstić information content (AvgIpc) is 2.49. The van der Waals surface area contributed by atoms with Crippen LogP contribution in [0.2, 0.25) is 0 Å². The molecule has 0 radical (unpaired) electrons. The molecule has 1 saturated carbocycles. The smallest absolute Gasteiger partial charge is 0.0195 e. The highest BCUT2D eigenvalue weighted by molar-refractivity contribution is 4.79. The Labute approximate surface area is 81.7 Å². The van der Waals surface area contributed by atoms with Crippen molar-refractivity contribution in [2.75, 3.05) is 26.7 Å². The summed E-state index contributed by atoms with van der Waals surface area (Å²) in [5.41, 5.74) is 0. The molecule has 1 heterocycles. The molecule has 0 spiro atoms. The molecule has 1 atom stereocenters. The van der Waals surface area contributed by atoms with E-state index in [1.807, 2.05) is 0 Å². The summed E-state index contributed by atoms with van der Waals surface area (Å²) in [7, 11) is 2.28. The Hall–Kier alpha value is -0.0800. The van der Waals surface area contributed by atoms with Crippen molar-refractivity contribution in [3.05, 3.63) is 0 Å². The summed E-state index contributed by atoms with van der Waals surface area (Å²) >= 11 is 0. The van der Waals surface area contributed by atoms with Crippen molar-refractivity contribution in [2.24, 2.45) is 5.92 Å². The van der Waals surface area contributed by atoms with Crippen LogP contribution >= 0.6 is 0 Å². The molecule has 1 unspecified atom stereocenters. The SMILES string of the molecule is CN(CC1CCC1)CC1CCCN1. The van der Waals surface area contributed by atoms with Gasteiger partial charge in [-0.05, 0) is 45.2 Å². The van der Waals surface area contributed by atoms with E-state index in [4.69, 9.17) is 0 Å². The minimum Gasteiger partial charge on any atom is -0.313 e. The minimum atomic E-state index is 0.782. The predicted octanol–water partition coefficient (Wildman–Crippen LogP) is 1.47. The van der Waals surface area contributed by atoms with Crippen molar-refractivity contribution in [2.45, 2.75) is 38.1 Å². The molecule has 2 heteroatoms. The first-order chi connectivity index (χ1) is 6.34. The van der Waals surface area contributed by atoms with E-state index in [-0.39, 0.29) is 0 Å². The Morgan fingerprint density at radius 2 is 2.00 bits per heavy atom. The molecule has 1 N–H and O–H groups in total. The van der Waals surface area contributed by atoms with Gasteiger partial charge in [-0.15, -0.1) is 0 Å². The van der Waals surface area contributed by atoms with Gasteiger partial charge < -0.3 is 10.2 Å². The molecule has 0 bridgehead atoms. The first-order valence-corrected chi connectivity index (χ1v) is 5.76. The topological polar surface area (TPSA) is 15.3 Å². The second kappa shape index (κ2) is 4.43. The lowest BCUT2D eigenvalue weighted by molar-refractivity contribution is 0.195. The van der Waals surface area contributed by atoms with Gasteiger partial charge in [-0.3, -0.25) is 0 Å². The second-order valence-corrected chi connectivity index (χ2v) is 4.81. The number of hydrogen-bond acceptors (Lipinski definition) is 2.